The molecule has 2 fully saturated rings. The molecule has 2 aliphatic rings. The maximum absolute atomic E-state index is 12.9. The smallest absolute Gasteiger partial charge is 0.253 e. The highest BCUT2D eigenvalue weighted by Gasteiger charge is 2.36. The lowest BCUT2D eigenvalue weighted by atomic mass is 9.98. The molecule has 9 nitrogen and oxygen atoms in total. The third-order valence-electron chi connectivity index (χ3n) is 6.60. The van der Waals surface area contributed by atoms with Crippen molar-refractivity contribution in [3.05, 3.63) is 71.4 Å². The largest absolute Gasteiger partial charge is 0.496 e. The van der Waals surface area contributed by atoms with Crippen LogP contribution < -0.4 is 4.74 Å². The van der Waals surface area contributed by atoms with Gasteiger partial charge in [-0.05, 0) is 43.2 Å². The van der Waals surface area contributed by atoms with Gasteiger partial charge in [-0.1, -0.05) is 29.8 Å². The maximum atomic E-state index is 12.9. The third kappa shape index (κ3) is 4.81. The fourth-order valence-corrected chi connectivity index (χ4v) is 6.05. The standard InChI is InChI=1S/C25H28N4O5S/c1-33-22-8-4-3-7-19(22)15-23-26-24(34-27-23)20-16-28(17-20)25(30)18-9-11-21(12-10-18)35(31,32)29-13-5-2-6-14-29/h3-4,7-12,20H,2,5-6,13-17H2,1H3. The van der Waals surface area contributed by atoms with E-state index in [0.717, 1.165) is 30.6 Å². The summed E-state index contributed by atoms with van der Waals surface area (Å²) in [4.78, 5) is 19.3. The fourth-order valence-electron chi connectivity index (χ4n) is 4.53. The highest BCUT2D eigenvalue weighted by molar-refractivity contribution is 7.89. The Balaban J connectivity index is 1.18. The Bertz CT molecular complexity index is 1290. The molecule has 2 saturated heterocycles. The number of rotatable bonds is 7. The molecule has 0 N–H and O–H groups in total. The highest BCUT2D eigenvalue weighted by Crippen LogP contribution is 2.29. The molecule has 10 heteroatoms. The van der Waals surface area contributed by atoms with Gasteiger partial charge >= 0.3 is 0 Å². The number of para-hydroxylation sites is 1. The van der Waals surface area contributed by atoms with E-state index in [1.165, 1.54) is 16.4 Å². The zero-order valence-electron chi connectivity index (χ0n) is 19.6. The van der Waals surface area contributed by atoms with Crippen LogP contribution in [0.2, 0.25) is 0 Å². The average Bonchev–Trinajstić information content (AvgIpc) is 3.32. The van der Waals surface area contributed by atoms with Crippen molar-refractivity contribution in [3.63, 3.8) is 0 Å². The first kappa shape index (κ1) is 23.5. The molecule has 184 valence electrons. The van der Waals surface area contributed by atoms with Crippen LogP contribution in [-0.4, -0.2) is 67.0 Å². The van der Waals surface area contributed by atoms with Crippen LogP contribution in [0.1, 0.15) is 52.8 Å². The van der Waals surface area contributed by atoms with Gasteiger partial charge in [-0.15, -0.1) is 0 Å². The minimum absolute atomic E-state index is 0.0170. The fraction of sp³-hybridized carbons (Fsp3) is 0.400. The average molecular weight is 497 g/mol. The Morgan fingerprint density at radius 3 is 2.49 bits per heavy atom. The number of methoxy groups -OCH3 is 1. The van der Waals surface area contributed by atoms with E-state index < -0.39 is 10.0 Å². The number of benzene rings is 2. The van der Waals surface area contributed by atoms with Crippen LogP contribution in [-0.2, 0) is 16.4 Å². The summed E-state index contributed by atoms with van der Waals surface area (Å²) in [6.07, 6.45) is 3.32. The summed E-state index contributed by atoms with van der Waals surface area (Å²) < 4.78 is 38.0. The van der Waals surface area contributed by atoms with E-state index in [2.05, 4.69) is 10.1 Å². The lowest BCUT2D eigenvalue weighted by Gasteiger charge is -2.37. The lowest BCUT2D eigenvalue weighted by Crippen LogP contribution is -2.48. The van der Waals surface area contributed by atoms with E-state index in [1.807, 2.05) is 24.3 Å². The monoisotopic (exact) mass is 496 g/mol. The van der Waals surface area contributed by atoms with E-state index >= 15 is 0 Å². The molecule has 0 saturated carbocycles. The van der Waals surface area contributed by atoms with Gasteiger partial charge < -0.3 is 14.2 Å². The van der Waals surface area contributed by atoms with E-state index in [0.29, 0.717) is 49.9 Å². The van der Waals surface area contributed by atoms with Crippen LogP contribution >= 0.6 is 0 Å². The lowest BCUT2D eigenvalue weighted by molar-refractivity contribution is 0.0569. The van der Waals surface area contributed by atoms with E-state index in [1.54, 1.807) is 24.1 Å². The summed E-state index contributed by atoms with van der Waals surface area (Å²) >= 11 is 0. The van der Waals surface area contributed by atoms with Crippen molar-refractivity contribution in [1.82, 2.24) is 19.3 Å². The first-order valence-electron chi connectivity index (χ1n) is 11.8. The molecule has 0 unspecified atom stereocenters. The van der Waals surface area contributed by atoms with Crippen molar-refractivity contribution in [1.29, 1.82) is 0 Å². The molecule has 3 aromatic rings. The molecule has 0 aliphatic carbocycles. The summed E-state index contributed by atoms with van der Waals surface area (Å²) in [7, 11) is -1.89. The minimum atomic E-state index is -3.51. The van der Waals surface area contributed by atoms with Crippen LogP contribution in [0, 0.1) is 0 Å². The Hall–Kier alpha value is -3.24. The van der Waals surface area contributed by atoms with Gasteiger partial charge in [0.25, 0.3) is 5.91 Å². The Labute approximate surface area is 204 Å². The number of hydrogen-bond acceptors (Lipinski definition) is 7. The molecule has 0 radical (unpaired) electrons. The molecule has 2 aliphatic heterocycles. The number of aromatic nitrogens is 2. The first-order chi connectivity index (χ1) is 17.0. The zero-order chi connectivity index (χ0) is 24.4. The van der Waals surface area contributed by atoms with Gasteiger partial charge in [-0.3, -0.25) is 4.79 Å². The van der Waals surface area contributed by atoms with Crippen LogP contribution in [0.15, 0.2) is 57.9 Å². The Morgan fingerprint density at radius 2 is 1.77 bits per heavy atom. The number of carbonyl (C=O) groups excluding carboxylic acids is 1. The van der Waals surface area contributed by atoms with Crippen molar-refractivity contribution in [2.75, 3.05) is 33.3 Å². The molecule has 1 aromatic heterocycles. The van der Waals surface area contributed by atoms with Crippen LogP contribution in [0.3, 0.4) is 0 Å². The highest BCUT2D eigenvalue weighted by atomic mass is 32.2. The summed E-state index contributed by atoms with van der Waals surface area (Å²) in [5.41, 5.74) is 1.43. The zero-order valence-corrected chi connectivity index (χ0v) is 20.4. The number of nitrogens with zero attached hydrogens (tertiary/aromatic N) is 4. The Kier molecular flexibility index (Phi) is 6.57. The third-order valence-corrected chi connectivity index (χ3v) is 8.51. The first-order valence-corrected chi connectivity index (χ1v) is 13.2. The molecule has 0 spiro atoms. The van der Waals surface area contributed by atoms with Crippen LogP contribution in [0.5, 0.6) is 5.75 Å². The second kappa shape index (κ2) is 9.79. The summed E-state index contributed by atoms with van der Waals surface area (Å²) in [5.74, 6) is 1.70. The van der Waals surface area contributed by atoms with Crippen molar-refractivity contribution in [2.45, 2.75) is 36.5 Å². The van der Waals surface area contributed by atoms with Gasteiger partial charge in [-0.2, -0.15) is 9.29 Å². The van der Waals surface area contributed by atoms with Crippen LogP contribution in [0.25, 0.3) is 0 Å². The number of hydrogen-bond donors (Lipinski definition) is 0. The van der Waals surface area contributed by atoms with E-state index in [-0.39, 0.29) is 16.7 Å². The van der Waals surface area contributed by atoms with Crippen molar-refractivity contribution in [2.24, 2.45) is 0 Å². The molecule has 2 aromatic carbocycles. The topological polar surface area (TPSA) is 106 Å². The normalized spacial score (nSPS) is 17.2. The molecule has 3 heterocycles. The van der Waals surface area contributed by atoms with Crippen molar-refractivity contribution >= 4 is 15.9 Å². The minimum Gasteiger partial charge on any atom is -0.496 e. The van der Waals surface area contributed by atoms with Gasteiger partial charge in [0.05, 0.1) is 17.9 Å². The number of likely N-dealkylation sites (tertiary alicyclic amines) is 1. The predicted octanol–water partition coefficient (Wildman–Crippen LogP) is 3.08. The number of ether oxygens (including phenoxy) is 1. The maximum Gasteiger partial charge on any atom is 0.253 e. The van der Waals surface area contributed by atoms with Gasteiger partial charge in [0, 0.05) is 43.7 Å². The molecule has 35 heavy (non-hydrogen) atoms. The van der Waals surface area contributed by atoms with E-state index in [4.69, 9.17) is 9.26 Å². The molecular weight excluding hydrogens is 468 g/mol. The quantitative estimate of drug-likeness (QED) is 0.495. The molecule has 5 rings (SSSR count). The van der Waals surface area contributed by atoms with E-state index in [9.17, 15) is 13.2 Å². The number of piperidine rings is 1. The second-order valence-corrected chi connectivity index (χ2v) is 10.9. The van der Waals surface area contributed by atoms with Crippen molar-refractivity contribution < 1.29 is 22.5 Å². The second-order valence-electron chi connectivity index (χ2n) is 8.93. The van der Waals surface area contributed by atoms with Gasteiger partial charge in [0.15, 0.2) is 5.82 Å². The number of sulfonamides is 1. The molecular formula is C25H28N4O5S. The summed E-state index contributed by atoms with van der Waals surface area (Å²) in [6.45, 7) is 2.05. The SMILES string of the molecule is COc1ccccc1Cc1noc(C2CN(C(=O)c3ccc(S(=O)(=O)N4CCCCC4)cc3)C2)n1. The Morgan fingerprint density at radius 1 is 1.06 bits per heavy atom. The molecule has 0 bridgehead atoms. The van der Waals surface area contributed by atoms with Crippen LogP contribution in [0.4, 0.5) is 0 Å². The van der Waals surface area contributed by atoms with Gasteiger partial charge in [0.1, 0.15) is 5.75 Å². The van der Waals surface area contributed by atoms with Gasteiger partial charge in [0.2, 0.25) is 15.9 Å². The molecule has 0 atom stereocenters. The predicted molar refractivity (Wildman–Crippen MR) is 128 cm³/mol. The number of amides is 1. The van der Waals surface area contributed by atoms with Gasteiger partial charge in [-0.25, -0.2) is 8.42 Å². The molecule has 1 amide bonds. The van der Waals surface area contributed by atoms with Crippen molar-refractivity contribution in [3.8, 4) is 5.75 Å². The summed E-state index contributed by atoms with van der Waals surface area (Å²) in [5, 5.41) is 4.08. The number of carbonyl (C=O) groups is 1. The summed E-state index contributed by atoms with van der Waals surface area (Å²) in [6, 6.07) is 13.9.